The van der Waals surface area contributed by atoms with Crippen molar-refractivity contribution in [3.63, 3.8) is 0 Å². The van der Waals surface area contributed by atoms with Crippen LogP contribution in [0.1, 0.15) is 181 Å². The van der Waals surface area contributed by atoms with Gasteiger partial charge in [0.15, 0.2) is 25.0 Å². The van der Waals surface area contributed by atoms with Crippen molar-refractivity contribution >= 4 is 30.9 Å². The molecule has 0 amide bonds. The van der Waals surface area contributed by atoms with Crippen LogP contribution in [-0.2, 0) is 27.5 Å². The minimum atomic E-state index is -1.69. The normalized spacial score (nSPS) is 21.2. The van der Waals surface area contributed by atoms with Gasteiger partial charge in [-0.05, 0) is 117 Å². The molecule has 2 aliphatic rings. The molecule has 9 heteroatoms. The van der Waals surface area contributed by atoms with Crippen molar-refractivity contribution in [3.8, 4) is 0 Å². The molecular formula is C46H92O6Si3. The molecule has 2 heterocycles. The summed E-state index contributed by atoms with van der Waals surface area (Å²) in [4.78, 5) is 12.1. The van der Waals surface area contributed by atoms with Gasteiger partial charge in [-0.25, -0.2) is 4.79 Å². The Kier molecular flexibility index (Phi) is 25.4. The topological polar surface area (TPSA) is 63.2 Å². The minimum Gasteiger partial charge on any atom is -0.455 e. The van der Waals surface area contributed by atoms with Gasteiger partial charge in [-0.15, -0.1) is 0 Å². The molecule has 324 valence electrons. The highest BCUT2D eigenvalue weighted by Gasteiger charge is 2.39. The molecule has 2 aliphatic heterocycles. The van der Waals surface area contributed by atoms with Crippen LogP contribution in [0.3, 0.4) is 0 Å². The summed E-state index contributed by atoms with van der Waals surface area (Å²) in [6, 6.07) is 0. The van der Waals surface area contributed by atoms with E-state index in [1.54, 1.807) is 0 Å². The Hall–Kier alpha value is -0.299. The highest BCUT2D eigenvalue weighted by Crippen LogP contribution is 2.33. The van der Waals surface area contributed by atoms with Gasteiger partial charge < -0.3 is 22.8 Å². The lowest BCUT2D eigenvalue weighted by Crippen LogP contribution is -2.42. The van der Waals surface area contributed by atoms with E-state index >= 15 is 0 Å². The van der Waals surface area contributed by atoms with Crippen molar-refractivity contribution in [1.82, 2.24) is 0 Å². The fraction of sp³-hybridized carbons (Fsp3) is 0.935. The molecule has 0 radical (unpaired) electrons. The number of hydrogen-bond donors (Lipinski definition) is 0. The lowest BCUT2D eigenvalue weighted by molar-refractivity contribution is -0.139. The molecule has 1 saturated heterocycles. The van der Waals surface area contributed by atoms with Gasteiger partial charge >= 0.3 is 5.97 Å². The molecule has 6 atom stereocenters. The molecule has 0 aromatic rings. The van der Waals surface area contributed by atoms with Crippen molar-refractivity contribution in [2.45, 2.75) is 276 Å². The summed E-state index contributed by atoms with van der Waals surface area (Å²) < 4.78 is 32.4. The van der Waals surface area contributed by atoms with E-state index in [1.807, 2.05) is 13.0 Å². The lowest BCUT2D eigenvalue weighted by Gasteiger charge is -2.33. The summed E-state index contributed by atoms with van der Waals surface area (Å²) in [6.45, 7) is 25.0. The minimum absolute atomic E-state index is 0.0863. The van der Waals surface area contributed by atoms with E-state index in [1.165, 1.54) is 122 Å². The largest absolute Gasteiger partial charge is 0.455 e. The zero-order chi connectivity index (χ0) is 40.7. The summed E-state index contributed by atoms with van der Waals surface area (Å²) in [5.41, 5.74) is 0.836. The third-order valence-corrected chi connectivity index (χ3v) is 14.1. The molecule has 0 aromatic heterocycles. The van der Waals surface area contributed by atoms with Crippen molar-refractivity contribution in [2.75, 3.05) is 0 Å². The first-order valence-electron chi connectivity index (χ1n) is 23.6. The molecule has 0 aliphatic carbocycles. The van der Waals surface area contributed by atoms with Crippen LogP contribution in [-0.4, -0.2) is 67.5 Å². The van der Waals surface area contributed by atoms with Crippen LogP contribution in [0.5, 0.6) is 0 Å². The molecule has 6 nitrogen and oxygen atoms in total. The van der Waals surface area contributed by atoms with Gasteiger partial charge in [-0.3, -0.25) is 0 Å². The number of unbranched alkanes of at least 4 members (excludes halogenated alkanes) is 17. The maximum absolute atomic E-state index is 12.1. The smallest absolute Gasteiger partial charge is 0.334 e. The van der Waals surface area contributed by atoms with Crippen molar-refractivity contribution in [1.29, 1.82) is 0 Å². The Labute approximate surface area is 345 Å². The number of cyclic esters (lactones) is 1. The quantitative estimate of drug-likeness (QED) is 0.0366. The van der Waals surface area contributed by atoms with Crippen molar-refractivity contribution < 1.29 is 27.5 Å². The van der Waals surface area contributed by atoms with Crippen LogP contribution in [0.25, 0.3) is 0 Å². The van der Waals surface area contributed by atoms with Crippen LogP contribution in [0.4, 0.5) is 0 Å². The Bertz CT molecular complexity index is 1030. The van der Waals surface area contributed by atoms with Gasteiger partial charge in [0, 0.05) is 11.7 Å². The Morgan fingerprint density at radius 3 is 1.31 bits per heavy atom. The van der Waals surface area contributed by atoms with Gasteiger partial charge in [0.2, 0.25) is 0 Å². The maximum atomic E-state index is 12.1. The predicted octanol–water partition coefficient (Wildman–Crippen LogP) is 14.4. The molecule has 0 unspecified atom stereocenters. The van der Waals surface area contributed by atoms with E-state index in [0.717, 1.165) is 50.5 Å². The molecule has 0 N–H and O–H groups in total. The zero-order valence-corrected chi connectivity index (χ0v) is 41.4. The summed E-state index contributed by atoms with van der Waals surface area (Å²) in [5, 5.41) is 0. The van der Waals surface area contributed by atoms with Crippen molar-refractivity contribution in [3.05, 3.63) is 11.6 Å². The van der Waals surface area contributed by atoms with E-state index in [9.17, 15) is 4.79 Å². The van der Waals surface area contributed by atoms with E-state index in [2.05, 4.69) is 65.8 Å². The number of esters is 1. The van der Waals surface area contributed by atoms with Gasteiger partial charge in [0.1, 0.15) is 6.10 Å². The van der Waals surface area contributed by atoms with Gasteiger partial charge in [-0.2, -0.15) is 0 Å². The number of carbonyl (C=O) groups excluding carboxylic acids is 1. The third kappa shape index (κ3) is 25.7. The fourth-order valence-corrected chi connectivity index (χ4v) is 12.1. The predicted molar refractivity (Wildman–Crippen MR) is 243 cm³/mol. The summed E-state index contributed by atoms with van der Waals surface area (Å²) in [5.74, 6) is -0.137. The van der Waals surface area contributed by atoms with Crippen LogP contribution in [0, 0.1) is 0 Å². The molecule has 55 heavy (non-hydrogen) atoms. The second-order valence-corrected chi connectivity index (χ2v) is 33.6. The first kappa shape index (κ1) is 50.8. The summed E-state index contributed by atoms with van der Waals surface area (Å²) >= 11 is 0. The van der Waals surface area contributed by atoms with Crippen molar-refractivity contribution in [2.24, 2.45) is 0 Å². The molecule has 1 fully saturated rings. The number of ether oxygens (including phenoxy) is 2. The second kappa shape index (κ2) is 27.5. The summed E-state index contributed by atoms with van der Waals surface area (Å²) in [7, 11) is -4.99. The SMILES string of the molecule is CCCCCCCCCCCC[C@@H](O[Si](C)(C)C)[C@H]1CC[C@H]([C@@H](CCCCCCCCCCC[C@@H](CCC2=C[C@H](C)OC2=O)O[Si](C)(C)C)O[Si](C)(C)C)O1. The molecule has 0 saturated carbocycles. The van der Waals surface area contributed by atoms with E-state index < -0.39 is 25.0 Å². The van der Waals surface area contributed by atoms with Crippen LogP contribution >= 0.6 is 0 Å². The van der Waals surface area contributed by atoms with Gasteiger partial charge in [0.25, 0.3) is 0 Å². The second-order valence-electron chi connectivity index (χ2n) is 20.3. The third-order valence-electron chi connectivity index (χ3n) is 11.0. The number of hydrogen-bond acceptors (Lipinski definition) is 6. The Morgan fingerprint density at radius 1 is 0.564 bits per heavy atom. The number of carbonyl (C=O) groups is 1. The summed E-state index contributed by atoms with van der Waals surface area (Å²) in [6.07, 6.45) is 35.7. The van der Waals surface area contributed by atoms with E-state index in [0.29, 0.717) is 0 Å². The molecule has 0 spiro atoms. The number of rotatable bonds is 34. The average Bonchev–Trinajstić information content (AvgIpc) is 3.69. The van der Waals surface area contributed by atoms with Crippen LogP contribution in [0.15, 0.2) is 11.6 Å². The molecule has 0 bridgehead atoms. The Morgan fingerprint density at radius 2 is 0.945 bits per heavy atom. The molecular weight excluding hydrogens is 733 g/mol. The molecule has 0 aromatic carbocycles. The van der Waals surface area contributed by atoms with E-state index in [4.69, 9.17) is 22.8 Å². The van der Waals surface area contributed by atoms with E-state index in [-0.39, 0.29) is 42.6 Å². The van der Waals surface area contributed by atoms with Crippen LogP contribution in [0.2, 0.25) is 58.9 Å². The monoisotopic (exact) mass is 825 g/mol. The first-order valence-corrected chi connectivity index (χ1v) is 33.8. The highest BCUT2D eigenvalue weighted by molar-refractivity contribution is 6.70. The lowest BCUT2D eigenvalue weighted by atomic mass is 9.99. The fourth-order valence-electron chi connectivity index (χ4n) is 8.47. The van der Waals surface area contributed by atoms with Crippen LogP contribution < -0.4 is 0 Å². The Balaban J connectivity index is 1.67. The maximum Gasteiger partial charge on any atom is 0.334 e. The average molecular weight is 825 g/mol. The zero-order valence-electron chi connectivity index (χ0n) is 38.4. The molecule has 2 rings (SSSR count). The van der Waals surface area contributed by atoms with Gasteiger partial charge in [-0.1, -0.05) is 129 Å². The first-order chi connectivity index (χ1) is 26.0. The standard InChI is InChI=1S/C46H92O6Si3/c1-12-13-14-15-16-17-20-23-26-29-32-44(51-54(6,7)8)42-36-37-43(49-42)45(52-55(9,10)11)33-30-27-24-21-18-19-22-25-28-31-41(50-53(3,4)5)35-34-40-38-39(2)48-46(40)47/h38-39,41-45H,12-37H2,1-11H3/t39-,41-,42+,43+,44+,45+/m0/s1. The van der Waals surface area contributed by atoms with Gasteiger partial charge in [0.05, 0.1) is 24.4 Å². The highest BCUT2D eigenvalue weighted by atomic mass is 28.4.